The van der Waals surface area contributed by atoms with Crippen molar-refractivity contribution in [3.8, 4) is 10.4 Å². The van der Waals surface area contributed by atoms with Crippen LogP contribution in [0.15, 0.2) is 95.3 Å². The Morgan fingerprint density at radius 3 is 2.64 bits per heavy atom. The van der Waals surface area contributed by atoms with Gasteiger partial charge in [0.25, 0.3) is 0 Å². The number of benzene rings is 2. The van der Waals surface area contributed by atoms with Gasteiger partial charge >= 0.3 is 0 Å². The maximum absolute atomic E-state index is 12.4. The average molecular weight is 386 g/mol. The van der Waals surface area contributed by atoms with Crippen LogP contribution < -0.4 is 5.43 Å². The number of unbranched alkanes of at least 4 members (excludes halogenated alkanes) is 1. The summed E-state index contributed by atoms with van der Waals surface area (Å²) in [5, 5.41) is 2.84. The average Bonchev–Trinajstić information content (AvgIpc) is 3.27. The van der Waals surface area contributed by atoms with Crippen LogP contribution in [-0.2, 0) is 13.0 Å². The molecule has 3 heteroatoms. The largest absolute Gasteiger partial charge is 0.343 e. The Kier molecular flexibility index (Phi) is 5.83. The van der Waals surface area contributed by atoms with E-state index < -0.39 is 0 Å². The van der Waals surface area contributed by atoms with E-state index in [1.165, 1.54) is 10.4 Å². The number of allylic oxidation sites excluding steroid dienone is 2. The van der Waals surface area contributed by atoms with Crippen LogP contribution in [0.4, 0.5) is 0 Å². The molecule has 2 heterocycles. The summed E-state index contributed by atoms with van der Waals surface area (Å²) in [6, 6.07) is 22.6. The summed E-state index contributed by atoms with van der Waals surface area (Å²) in [6.07, 6.45) is 9.65. The second kappa shape index (κ2) is 8.85. The molecule has 0 saturated carbocycles. The van der Waals surface area contributed by atoms with Crippen molar-refractivity contribution in [2.24, 2.45) is 0 Å². The molecule has 0 saturated heterocycles. The molecule has 0 fully saturated rings. The predicted molar refractivity (Wildman–Crippen MR) is 120 cm³/mol. The van der Waals surface area contributed by atoms with Crippen LogP contribution in [0.1, 0.15) is 18.4 Å². The molecule has 0 aliphatic heterocycles. The van der Waals surface area contributed by atoms with Gasteiger partial charge in [-0.05, 0) is 54.0 Å². The molecule has 2 aromatic carbocycles. The number of hydrogen-bond acceptors (Lipinski definition) is 2. The summed E-state index contributed by atoms with van der Waals surface area (Å²) >= 11 is 1.69. The summed E-state index contributed by atoms with van der Waals surface area (Å²) < 4.78 is 2.14. The number of fused-ring (bicyclic) bond motifs is 1. The lowest BCUT2D eigenvalue weighted by Gasteiger charge is -2.09. The highest BCUT2D eigenvalue weighted by Crippen LogP contribution is 2.26. The van der Waals surface area contributed by atoms with Gasteiger partial charge in [0.15, 0.2) is 5.43 Å². The first-order chi connectivity index (χ1) is 13.8. The number of nitrogens with zero attached hydrogens (tertiary/aromatic N) is 1. The van der Waals surface area contributed by atoms with Crippen molar-refractivity contribution in [1.29, 1.82) is 0 Å². The first-order valence-corrected chi connectivity index (χ1v) is 10.6. The number of thiophene rings is 1. The van der Waals surface area contributed by atoms with E-state index in [1.54, 1.807) is 17.4 Å². The molecule has 140 valence electrons. The third-order valence-corrected chi connectivity index (χ3v) is 5.85. The fourth-order valence-corrected chi connectivity index (χ4v) is 4.17. The van der Waals surface area contributed by atoms with E-state index in [4.69, 9.17) is 0 Å². The lowest BCUT2D eigenvalue weighted by Crippen LogP contribution is -2.07. The van der Waals surface area contributed by atoms with Crippen LogP contribution in [-0.4, -0.2) is 4.57 Å². The van der Waals surface area contributed by atoms with Crippen LogP contribution in [0.2, 0.25) is 0 Å². The number of rotatable bonds is 7. The summed E-state index contributed by atoms with van der Waals surface area (Å²) in [6.45, 7) is 0.778. The molecule has 2 aromatic heterocycles. The quantitative estimate of drug-likeness (QED) is 0.270. The Bertz CT molecular complexity index is 1120. The monoisotopic (exact) mass is 385 g/mol. The maximum Gasteiger partial charge on any atom is 0.189 e. The Morgan fingerprint density at radius 1 is 0.929 bits per heavy atom. The van der Waals surface area contributed by atoms with Crippen molar-refractivity contribution in [2.45, 2.75) is 25.8 Å². The van der Waals surface area contributed by atoms with Gasteiger partial charge in [0.1, 0.15) is 0 Å². The Hall–Kier alpha value is -2.91. The van der Waals surface area contributed by atoms with Gasteiger partial charge in [-0.15, -0.1) is 11.3 Å². The Morgan fingerprint density at radius 2 is 1.82 bits per heavy atom. The maximum atomic E-state index is 12.4. The van der Waals surface area contributed by atoms with Gasteiger partial charge in [-0.1, -0.05) is 54.6 Å². The van der Waals surface area contributed by atoms with Crippen molar-refractivity contribution in [3.05, 3.63) is 106 Å². The molecular formula is C25H23NOS. The molecule has 0 N–H and O–H groups in total. The molecule has 0 aliphatic carbocycles. The summed E-state index contributed by atoms with van der Waals surface area (Å²) in [5.41, 5.74) is 3.57. The third-order valence-electron chi connectivity index (χ3n) is 4.93. The molecule has 0 bridgehead atoms. The number of hydrogen-bond donors (Lipinski definition) is 0. The first-order valence-electron chi connectivity index (χ1n) is 9.67. The van der Waals surface area contributed by atoms with Crippen molar-refractivity contribution in [2.75, 3.05) is 0 Å². The number of aromatic nitrogens is 1. The highest BCUT2D eigenvalue weighted by Gasteiger charge is 2.05. The molecule has 4 rings (SSSR count). The zero-order valence-corrected chi connectivity index (χ0v) is 16.6. The van der Waals surface area contributed by atoms with E-state index in [0.29, 0.717) is 0 Å². The zero-order valence-electron chi connectivity index (χ0n) is 15.8. The molecule has 28 heavy (non-hydrogen) atoms. The van der Waals surface area contributed by atoms with Crippen LogP contribution >= 0.6 is 11.3 Å². The molecule has 0 unspecified atom stereocenters. The van der Waals surface area contributed by atoms with E-state index in [0.717, 1.165) is 42.3 Å². The minimum Gasteiger partial charge on any atom is -0.343 e. The van der Waals surface area contributed by atoms with E-state index in [-0.39, 0.29) is 5.43 Å². The SMILES string of the molecule is O=c1ccn(C/C=C/CCCc2ccccc2)c2ccc(-c3cccs3)cc12. The summed E-state index contributed by atoms with van der Waals surface area (Å²) in [4.78, 5) is 13.6. The number of aryl methyl sites for hydroxylation is 1. The lowest BCUT2D eigenvalue weighted by atomic mass is 10.1. The Labute approximate surface area is 169 Å². The molecule has 0 amide bonds. The molecule has 0 aliphatic rings. The minimum absolute atomic E-state index is 0.0801. The Balaban J connectivity index is 1.43. The molecule has 0 radical (unpaired) electrons. The number of pyridine rings is 1. The van der Waals surface area contributed by atoms with Crippen LogP contribution in [0.25, 0.3) is 21.3 Å². The van der Waals surface area contributed by atoms with Crippen molar-refractivity contribution < 1.29 is 0 Å². The van der Waals surface area contributed by atoms with Crippen molar-refractivity contribution >= 4 is 22.2 Å². The second-order valence-electron chi connectivity index (χ2n) is 6.89. The lowest BCUT2D eigenvalue weighted by molar-refractivity contribution is 0.818. The van der Waals surface area contributed by atoms with Gasteiger partial charge in [0.05, 0.1) is 5.52 Å². The topological polar surface area (TPSA) is 22.0 Å². The first kappa shape index (κ1) is 18.5. The molecular weight excluding hydrogens is 362 g/mol. The van der Waals surface area contributed by atoms with Gasteiger partial charge < -0.3 is 4.57 Å². The van der Waals surface area contributed by atoms with Crippen molar-refractivity contribution in [3.63, 3.8) is 0 Å². The van der Waals surface area contributed by atoms with Crippen LogP contribution in [0.3, 0.4) is 0 Å². The van der Waals surface area contributed by atoms with E-state index in [2.05, 4.69) is 70.6 Å². The van der Waals surface area contributed by atoms with E-state index in [9.17, 15) is 4.79 Å². The fourth-order valence-electron chi connectivity index (χ4n) is 3.44. The second-order valence-corrected chi connectivity index (χ2v) is 7.84. The van der Waals surface area contributed by atoms with Gasteiger partial charge in [0, 0.05) is 29.1 Å². The third kappa shape index (κ3) is 4.32. The zero-order chi connectivity index (χ0) is 19.2. The van der Waals surface area contributed by atoms with Gasteiger partial charge in [-0.3, -0.25) is 4.79 Å². The van der Waals surface area contributed by atoms with E-state index in [1.807, 2.05) is 18.3 Å². The van der Waals surface area contributed by atoms with Crippen LogP contribution in [0, 0.1) is 0 Å². The molecule has 4 aromatic rings. The highest BCUT2D eigenvalue weighted by molar-refractivity contribution is 7.13. The predicted octanol–water partition coefficient (Wildman–Crippen LogP) is 6.31. The standard InChI is InChI=1S/C25H23NOS/c27-24-15-17-26(16-7-2-1-4-9-20-10-5-3-6-11-20)23-14-13-21(19-22(23)24)25-12-8-18-28-25/h2-3,5-8,10-15,17-19H,1,4,9,16H2/b7-2+. The van der Waals surface area contributed by atoms with Crippen molar-refractivity contribution in [1.82, 2.24) is 4.57 Å². The molecule has 2 nitrogen and oxygen atoms in total. The normalized spacial score (nSPS) is 11.4. The van der Waals surface area contributed by atoms with Gasteiger partial charge in [-0.2, -0.15) is 0 Å². The smallest absolute Gasteiger partial charge is 0.189 e. The van der Waals surface area contributed by atoms with Gasteiger partial charge in [0.2, 0.25) is 0 Å². The van der Waals surface area contributed by atoms with E-state index >= 15 is 0 Å². The van der Waals surface area contributed by atoms with Crippen LogP contribution in [0.5, 0.6) is 0 Å². The minimum atomic E-state index is 0.0801. The molecule has 0 spiro atoms. The van der Waals surface area contributed by atoms with Gasteiger partial charge in [-0.25, -0.2) is 0 Å². The summed E-state index contributed by atoms with van der Waals surface area (Å²) in [5.74, 6) is 0. The summed E-state index contributed by atoms with van der Waals surface area (Å²) in [7, 11) is 0. The fraction of sp³-hybridized carbons (Fsp3) is 0.160. The highest BCUT2D eigenvalue weighted by atomic mass is 32.1. The molecule has 0 atom stereocenters.